The van der Waals surface area contributed by atoms with E-state index >= 15 is 0 Å². The molecule has 2 atom stereocenters. The van der Waals surface area contributed by atoms with Crippen LogP contribution in [0.25, 0.3) is 0 Å². The van der Waals surface area contributed by atoms with Crippen molar-refractivity contribution >= 4 is 11.9 Å². The first-order chi connectivity index (χ1) is 7.97. The summed E-state index contributed by atoms with van der Waals surface area (Å²) < 4.78 is 4.70. The van der Waals surface area contributed by atoms with E-state index < -0.39 is 0 Å². The lowest BCUT2D eigenvalue weighted by Gasteiger charge is -2.42. The zero-order valence-electron chi connectivity index (χ0n) is 11.0. The van der Waals surface area contributed by atoms with E-state index in [1.807, 2.05) is 25.7 Å². The Morgan fingerprint density at radius 1 is 1.41 bits per heavy atom. The molecule has 0 aromatic heterocycles. The van der Waals surface area contributed by atoms with Crippen molar-refractivity contribution in [3.8, 4) is 0 Å². The quantitative estimate of drug-likeness (QED) is 0.709. The second-order valence-corrected chi connectivity index (χ2v) is 4.88. The van der Waals surface area contributed by atoms with Gasteiger partial charge >= 0.3 is 5.97 Å². The minimum atomic E-state index is -0.272. The molecular weight excluding hydrogens is 220 g/mol. The number of ether oxygens (including phenoxy) is 1. The molecule has 1 saturated heterocycles. The summed E-state index contributed by atoms with van der Waals surface area (Å²) in [6.07, 6.45) is 0.772. The van der Waals surface area contributed by atoms with E-state index in [4.69, 9.17) is 4.74 Å². The van der Waals surface area contributed by atoms with Crippen molar-refractivity contribution in [1.29, 1.82) is 0 Å². The van der Waals surface area contributed by atoms with E-state index in [0.29, 0.717) is 12.5 Å². The molecule has 1 aliphatic rings. The van der Waals surface area contributed by atoms with Crippen LogP contribution in [0.4, 0.5) is 0 Å². The molecule has 0 aromatic rings. The van der Waals surface area contributed by atoms with Gasteiger partial charge in [-0.15, -0.1) is 0 Å². The van der Waals surface area contributed by atoms with E-state index in [1.54, 1.807) is 0 Å². The van der Waals surface area contributed by atoms with Gasteiger partial charge in [-0.25, -0.2) is 0 Å². The third kappa shape index (κ3) is 3.43. The number of hydrogen-bond acceptors (Lipinski definition) is 4. The van der Waals surface area contributed by atoms with Gasteiger partial charge in [0.25, 0.3) is 0 Å². The minimum Gasteiger partial charge on any atom is -0.468 e. The van der Waals surface area contributed by atoms with E-state index in [-0.39, 0.29) is 24.0 Å². The summed E-state index contributed by atoms with van der Waals surface area (Å²) in [5, 5.41) is 2.88. The summed E-state index contributed by atoms with van der Waals surface area (Å²) in [5.74, 6) is 0.158. The normalized spacial score (nSPS) is 21.8. The molecule has 1 amide bonds. The third-order valence-electron chi connectivity index (χ3n) is 3.10. The molecule has 0 aliphatic carbocycles. The molecule has 0 saturated carbocycles. The number of carbonyl (C=O) groups excluding carboxylic acids is 2. The molecule has 5 heteroatoms. The lowest BCUT2D eigenvalue weighted by atomic mass is 10.00. The highest BCUT2D eigenvalue weighted by Gasteiger charge is 2.40. The highest BCUT2D eigenvalue weighted by atomic mass is 16.5. The number of nitrogens with one attached hydrogen (secondary N) is 1. The number of esters is 1. The van der Waals surface area contributed by atoms with E-state index in [0.717, 1.165) is 13.0 Å². The standard InChI is InChI=1S/C12H22N2O3/c1-8(2)7-13-11(15)9(3)14-6-5-10(14)12(16)17-4/h8-10H,5-7H2,1-4H3,(H,13,15). The first-order valence-electron chi connectivity index (χ1n) is 6.08. The van der Waals surface area contributed by atoms with Gasteiger partial charge in [-0.3, -0.25) is 14.5 Å². The Labute approximate surface area is 102 Å². The Hall–Kier alpha value is -1.10. The van der Waals surface area contributed by atoms with Gasteiger partial charge in [0.1, 0.15) is 6.04 Å². The fourth-order valence-corrected chi connectivity index (χ4v) is 1.86. The van der Waals surface area contributed by atoms with Crippen LogP contribution < -0.4 is 5.32 Å². The summed E-state index contributed by atoms with van der Waals surface area (Å²) in [6.45, 7) is 7.36. The van der Waals surface area contributed by atoms with Gasteiger partial charge in [0.05, 0.1) is 13.2 Å². The van der Waals surface area contributed by atoms with E-state index in [2.05, 4.69) is 5.32 Å². The number of carbonyl (C=O) groups is 2. The van der Waals surface area contributed by atoms with Crippen molar-refractivity contribution in [1.82, 2.24) is 10.2 Å². The second-order valence-electron chi connectivity index (χ2n) is 4.88. The molecule has 1 rings (SSSR count). The molecule has 0 bridgehead atoms. The number of methoxy groups -OCH3 is 1. The Balaban J connectivity index is 2.44. The van der Waals surface area contributed by atoms with Gasteiger partial charge in [0.2, 0.25) is 5.91 Å². The lowest BCUT2D eigenvalue weighted by molar-refractivity contribution is -0.155. The van der Waals surface area contributed by atoms with Crippen LogP contribution in [0.2, 0.25) is 0 Å². The van der Waals surface area contributed by atoms with Crippen LogP contribution in [-0.4, -0.2) is 49.1 Å². The molecule has 0 spiro atoms. The number of likely N-dealkylation sites (tertiary alicyclic amines) is 1. The molecular formula is C12H22N2O3. The van der Waals surface area contributed by atoms with Crippen LogP contribution in [0.15, 0.2) is 0 Å². The van der Waals surface area contributed by atoms with E-state index in [9.17, 15) is 9.59 Å². The molecule has 1 aliphatic heterocycles. The van der Waals surface area contributed by atoms with Gasteiger partial charge in [-0.05, 0) is 19.3 Å². The van der Waals surface area contributed by atoms with Crippen molar-refractivity contribution < 1.29 is 14.3 Å². The van der Waals surface area contributed by atoms with Gasteiger partial charge in [-0.2, -0.15) is 0 Å². The smallest absolute Gasteiger partial charge is 0.323 e. The number of amides is 1. The molecule has 1 fully saturated rings. The SMILES string of the molecule is COC(=O)C1CCN1C(C)C(=O)NCC(C)C. The predicted molar refractivity (Wildman–Crippen MR) is 64.4 cm³/mol. The first kappa shape index (κ1) is 14.0. The lowest BCUT2D eigenvalue weighted by Crippen LogP contribution is -2.60. The molecule has 0 radical (unpaired) electrons. The summed E-state index contributed by atoms with van der Waals surface area (Å²) >= 11 is 0. The van der Waals surface area contributed by atoms with Crippen LogP contribution in [0.5, 0.6) is 0 Å². The van der Waals surface area contributed by atoms with Crippen LogP contribution >= 0.6 is 0 Å². The molecule has 5 nitrogen and oxygen atoms in total. The van der Waals surface area contributed by atoms with Crippen LogP contribution in [0.1, 0.15) is 27.2 Å². The Kier molecular flexibility index (Phi) is 4.93. The van der Waals surface area contributed by atoms with Crippen LogP contribution in [-0.2, 0) is 14.3 Å². The largest absolute Gasteiger partial charge is 0.468 e. The highest BCUT2D eigenvalue weighted by Crippen LogP contribution is 2.21. The summed E-state index contributed by atoms with van der Waals surface area (Å²) in [4.78, 5) is 25.1. The van der Waals surface area contributed by atoms with Gasteiger partial charge < -0.3 is 10.1 Å². The zero-order chi connectivity index (χ0) is 13.0. The Morgan fingerprint density at radius 3 is 2.47 bits per heavy atom. The topological polar surface area (TPSA) is 58.6 Å². The molecule has 1 heterocycles. The van der Waals surface area contributed by atoms with Crippen molar-refractivity contribution in [2.75, 3.05) is 20.2 Å². The van der Waals surface area contributed by atoms with Crippen molar-refractivity contribution in [3.63, 3.8) is 0 Å². The number of hydrogen-bond donors (Lipinski definition) is 1. The maximum Gasteiger partial charge on any atom is 0.323 e. The molecule has 2 unspecified atom stereocenters. The zero-order valence-corrected chi connectivity index (χ0v) is 11.0. The number of nitrogens with zero attached hydrogens (tertiary/aromatic N) is 1. The summed E-state index contributed by atoms with van der Waals surface area (Å²) in [5.41, 5.74) is 0. The molecule has 1 N–H and O–H groups in total. The second kappa shape index (κ2) is 6.00. The fraction of sp³-hybridized carbons (Fsp3) is 0.833. The van der Waals surface area contributed by atoms with Crippen molar-refractivity contribution in [2.45, 2.75) is 39.3 Å². The average molecular weight is 242 g/mol. The number of rotatable bonds is 5. The third-order valence-corrected chi connectivity index (χ3v) is 3.10. The highest BCUT2D eigenvalue weighted by molar-refractivity contribution is 5.83. The van der Waals surface area contributed by atoms with Gasteiger partial charge in [0.15, 0.2) is 0 Å². The van der Waals surface area contributed by atoms with Crippen LogP contribution in [0, 0.1) is 5.92 Å². The van der Waals surface area contributed by atoms with Gasteiger partial charge in [-0.1, -0.05) is 13.8 Å². The summed E-state index contributed by atoms with van der Waals surface area (Å²) in [7, 11) is 1.38. The Bertz CT molecular complexity index is 291. The molecule has 17 heavy (non-hydrogen) atoms. The first-order valence-corrected chi connectivity index (χ1v) is 6.08. The minimum absolute atomic E-state index is 0.0210. The molecule has 98 valence electrons. The van der Waals surface area contributed by atoms with Gasteiger partial charge in [0, 0.05) is 13.1 Å². The van der Waals surface area contributed by atoms with Crippen LogP contribution in [0.3, 0.4) is 0 Å². The van der Waals surface area contributed by atoms with Crippen molar-refractivity contribution in [3.05, 3.63) is 0 Å². The monoisotopic (exact) mass is 242 g/mol. The Morgan fingerprint density at radius 2 is 2.06 bits per heavy atom. The summed E-state index contributed by atoms with van der Waals surface area (Å²) in [6, 6.07) is -0.522. The predicted octanol–water partition coefficient (Wildman–Crippen LogP) is 0.394. The average Bonchev–Trinajstić information content (AvgIpc) is 2.23. The maximum absolute atomic E-state index is 11.8. The molecule has 0 aromatic carbocycles. The van der Waals surface area contributed by atoms with E-state index in [1.165, 1.54) is 7.11 Å². The maximum atomic E-state index is 11.8. The van der Waals surface area contributed by atoms with Crippen molar-refractivity contribution in [2.24, 2.45) is 5.92 Å². The fourth-order valence-electron chi connectivity index (χ4n) is 1.86.